The molecule has 0 radical (unpaired) electrons. The highest BCUT2D eigenvalue weighted by Gasteiger charge is 2.19. The van der Waals surface area contributed by atoms with Crippen LogP contribution in [0, 0.1) is 0 Å². The molecule has 0 fully saturated rings. The summed E-state index contributed by atoms with van der Waals surface area (Å²) in [6.45, 7) is 3.76. The van der Waals surface area contributed by atoms with E-state index in [1.54, 1.807) is 24.3 Å². The maximum absolute atomic E-state index is 12.7. The summed E-state index contributed by atoms with van der Waals surface area (Å²) in [4.78, 5) is 29.7. The van der Waals surface area contributed by atoms with Crippen LogP contribution >= 0.6 is 11.3 Å². The van der Waals surface area contributed by atoms with Crippen molar-refractivity contribution in [1.82, 2.24) is 14.8 Å². The van der Waals surface area contributed by atoms with Gasteiger partial charge in [-0.05, 0) is 32.0 Å². The van der Waals surface area contributed by atoms with Crippen molar-refractivity contribution in [2.45, 2.75) is 26.5 Å². The molecule has 0 unspecified atom stereocenters. The molecule has 0 aliphatic heterocycles. The first-order valence-electron chi connectivity index (χ1n) is 8.57. The van der Waals surface area contributed by atoms with Gasteiger partial charge in [-0.15, -0.1) is 11.3 Å². The molecule has 2 heterocycles. The van der Waals surface area contributed by atoms with Gasteiger partial charge in [0.1, 0.15) is 11.6 Å². The van der Waals surface area contributed by atoms with Crippen molar-refractivity contribution in [3.8, 4) is 0 Å². The lowest BCUT2D eigenvalue weighted by Gasteiger charge is -2.12. The predicted octanol–water partition coefficient (Wildman–Crippen LogP) is 3.94. The summed E-state index contributed by atoms with van der Waals surface area (Å²) in [7, 11) is 0. The Kier molecular flexibility index (Phi) is 4.45. The number of rotatable bonds is 4. The van der Waals surface area contributed by atoms with Crippen LogP contribution in [-0.2, 0) is 11.3 Å². The molecule has 0 N–H and O–H groups in total. The maximum atomic E-state index is 12.7. The zero-order chi connectivity index (χ0) is 19.0. The van der Waals surface area contributed by atoms with Crippen molar-refractivity contribution < 1.29 is 9.53 Å². The minimum atomic E-state index is -0.570. The van der Waals surface area contributed by atoms with E-state index in [2.05, 4.69) is 10.1 Å². The number of hydrogen-bond donors (Lipinski definition) is 0. The number of para-hydroxylation sites is 1. The van der Waals surface area contributed by atoms with E-state index in [0.717, 1.165) is 10.2 Å². The van der Waals surface area contributed by atoms with Gasteiger partial charge in [0.2, 0.25) is 0 Å². The van der Waals surface area contributed by atoms with Crippen molar-refractivity contribution in [3.63, 3.8) is 0 Å². The zero-order valence-electron chi connectivity index (χ0n) is 14.9. The second-order valence-corrected chi connectivity index (χ2v) is 7.50. The van der Waals surface area contributed by atoms with Crippen LogP contribution in [-0.4, -0.2) is 20.7 Å². The predicted molar refractivity (Wildman–Crippen MR) is 105 cm³/mol. The van der Waals surface area contributed by atoms with E-state index >= 15 is 0 Å². The molecule has 0 bridgehead atoms. The Morgan fingerprint density at radius 2 is 1.81 bits per heavy atom. The molecule has 0 amide bonds. The molecule has 4 rings (SSSR count). The number of hydrogen-bond acceptors (Lipinski definition) is 6. The fourth-order valence-electron chi connectivity index (χ4n) is 2.88. The van der Waals surface area contributed by atoms with Gasteiger partial charge in [-0.1, -0.05) is 30.3 Å². The van der Waals surface area contributed by atoms with Gasteiger partial charge in [-0.3, -0.25) is 4.79 Å². The molecular formula is C20H17N3O3S. The van der Waals surface area contributed by atoms with Crippen LogP contribution in [0.4, 0.5) is 0 Å². The fourth-order valence-corrected chi connectivity index (χ4v) is 3.77. The summed E-state index contributed by atoms with van der Waals surface area (Å²) in [6, 6.07) is 14.5. The van der Waals surface area contributed by atoms with Gasteiger partial charge in [-0.2, -0.15) is 5.10 Å². The molecule has 136 valence electrons. The van der Waals surface area contributed by atoms with Crippen LogP contribution in [0.3, 0.4) is 0 Å². The molecule has 27 heavy (non-hydrogen) atoms. The monoisotopic (exact) mass is 379 g/mol. The van der Waals surface area contributed by atoms with E-state index in [-0.39, 0.29) is 23.9 Å². The van der Waals surface area contributed by atoms with E-state index in [1.165, 1.54) is 16.0 Å². The highest BCUT2D eigenvalue weighted by Crippen LogP contribution is 2.23. The number of ether oxygens (including phenoxy) is 1. The lowest BCUT2D eigenvalue weighted by molar-refractivity contribution is 0.0465. The van der Waals surface area contributed by atoms with E-state index in [9.17, 15) is 9.59 Å². The first kappa shape index (κ1) is 17.4. The molecule has 0 saturated heterocycles. The lowest BCUT2D eigenvalue weighted by atomic mass is 10.1. The normalized spacial score (nSPS) is 11.4. The molecule has 2 aromatic carbocycles. The molecule has 6 nitrogen and oxygen atoms in total. The minimum Gasteiger partial charge on any atom is -0.453 e. The Morgan fingerprint density at radius 1 is 1.11 bits per heavy atom. The van der Waals surface area contributed by atoms with Crippen molar-refractivity contribution in [1.29, 1.82) is 0 Å². The van der Waals surface area contributed by atoms with Gasteiger partial charge in [0.25, 0.3) is 5.56 Å². The van der Waals surface area contributed by atoms with Crippen molar-refractivity contribution >= 4 is 38.3 Å². The summed E-state index contributed by atoms with van der Waals surface area (Å²) < 4.78 is 7.82. The number of benzene rings is 2. The molecule has 0 aliphatic rings. The molecule has 4 aromatic rings. The van der Waals surface area contributed by atoms with Crippen LogP contribution < -0.4 is 5.56 Å². The van der Waals surface area contributed by atoms with Gasteiger partial charge < -0.3 is 4.74 Å². The van der Waals surface area contributed by atoms with E-state index in [1.807, 2.05) is 38.1 Å². The Morgan fingerprint density at radius 3 is 2.56 bits per heavy atom. The van der Waals surface area contributed by atoms with E-state index in [0.29, 0.717) is 15.8 Å². The number of carbonyl (C=O) groups is 1. The Bertz CT molecular complexity index is 1180. The summed E-state index contributed by atoms with van der Waals surface area (Å²) in [5, 5.41) is 5.93. The van der Waals surface area contributed by atoms with Crippen molar-refractivity contribution in [2.75, 3.05) is 0 Å². The number of nitrogens with zero attached hydrogens (tertiary/aromatic N) is 3. The molecular weight excluding hydrogens is 362 g/mol. The van der Waals surface area contributed by atoms with E-state index in [4.69, 9.17) is 4.74 Å². The highest BCUT2D eigenvalue weighted by molar-refractivity contribution is 7.18. The van der Waals surface area contributed by atoms with Gasteiger partial charge in [0.05, 0.1) is 21.6 Å². The third-order valence-corrected chi connectivity index (χ3v) is 5.19. The molecule has 7 heteroatoms. The van der Waals surface area contributed by atoms with Crippen LogP contribution in [0.15, 0.2) is 53.3 Å². The van der Waals surface area contributed by atoms with Gasteiger partial charge in [0.15, 0.2) is 5.69 Å². The lowest BCUT2D eigenvalue weighted by Crippen LogP contribution is -2.27. The summed E-state index contributed by atoms with van der Waals surface area (Å²) in [5.41, 5.74) is 0.800. The van der Waals surface area contributed by atoms with Gasteiger partial charge in [0, 0.05) is 5.39 Å². The van der Waals surface area contributed by atoms with Crippen LogP contribution in [0.2, 0.25) is 0 Å². The molecule has 0 aliphatic carbocycles. The number of aromatic nitrogens is 3. The average Bonchev–Trinajstić information content (AvgIpc) is 3.09. The van der Waals surface area contributed by atoms with Crippen molar-refractivity contribution in [2.24, 2.45) is 0 Å². The summed E-state index contributed by atoms with van der Waals surface area (Å²) in [5.74, 6) is -0.570. The largest absolute Gasteiger partial charge is 0.453 e. The number of esters is 1. The second kappa shape index (κ2) is 6.92. The topological polar surface area (TPSA) is 74.1 Å². The number of thiazole rings is 1. The van der Waals surface area contributed by atoms with Crippen LogP contribution in [0.1, 0.15) is 35.4 Å². The number of carbonyl (C=O) groups excluding carboxylic acids is 1. The Hall–Kier alpha value is -3.06. The van der Waals surface area contributed by atoms with Gasteiger partial charge in [-0.25, -0.2) is 14.5 Å². The smallest absolute Gasteiger partial charge is 0.359 e. The van der Waals surface area contributed by atoms with Crippen molar-refractivity contribution in [3.05, 3.63) is 69.6 Å². The first-order chi connectivity index (χ1) is 13.0. The fraction of sp³-hybridized carbons (Fsp3) is 0.200. The van der Waals surface area contributed by atoms with Crippen LogP contribution in [0.5, 0.6) is 0 Å². The summed E-state index contributed by atoms with van der Waals surface area (Å²) >= 11 is 1.48. The number of fused-ring (bicyclic) bond motifs is 2. The summed E-state index contributed by atoms with van der Waals surface area (Å²) in [6.07, 6.45) is 0. The quantitative estimate of drug-likeness (QED) is 0.502. The van der Waals surface area contributed by atoms with E-state index < -0.39 is 5.97 Å². The standard InChI is InChI=1S/C20H17N3O3S/c1-12(2)23-19(24)14-8-4-3-7-13(14)18(22-23)20(25)26-11-17-21-15-9-5-6-10-16(15)27-17/h3-10,12H,11H2,1-2H3. The highest BCUT2D eigenvalue weighted by atomic mass is 32.1. The molecule has 0 atom stereocenters. The Labute approximate surface area is 159 Å². The maximum Gasteiger partial charge on any atom is 0.359 e. The first-order valence-corrected chi connectivity index (χ1v) is 9.39. The molecule has 0 spiro atoms. The molecule has 2 aromatic heterocycles. The average molecular weight is 379 g/mol. The van der Waals surface area contributed by atoms with Crippen LogP contribution in [0.25, 0.3) is 21.0 Å². The van der Waals surface area contributed by atoms with Gasteiger partial charge >= 0.3 is 5.97 Å². The SMILES string of the molecule is CC(C)n1nc(C(=O)OCc2nc3ccccc3s2)c2ccccc2c1=O. The second-order valence-electron chi connectivity index (χ2n) is 6.39. The minimum absolute atomic E-state index is 0.0645. The Balaban J connectivity index is 1.67. The third-order valence-electron chi connectivity index (χ3n) is 4.18. The zero-order valence-corrected chi connectivity index (χ0v) is 15.7. The third kappa shape index (κ3) is 3.21. The molecule has 0 saturated carbocycles.